The first-order valence-corrected chi connectivity index (χ1v) is 5.79. The van der Waals surface area contributed by atoms with Gasteiger partial charge in [0.25, 0.3) is 0 Å². The van der Waals surface area contributed by atoms with Gasteiger partial charge in [-0.25, -0.2) is 0 Å². The highest BCUT2D eigenvalue weighted by Crippen LogP contribution is 2.21. The highest BCUT2D eigenvalue weighted by Gasteiger charge is 2.24. The molecule has 1 heterocycles. The lowest BCUT2D eigenvalue weighted by Crippen LogP contribution is -2.45. The van der Waals surface area contributed by atoms with Crippen molar-refractivity contribution < 1.29 is 5.11 Å². The molecule has 86 valence electrons. The van der Waals surface area contributed by atoms with Gasteiger partial charge in [-0.2, -0.15) is 5.10 Å². The number of hydrogen-bond acceptors (Lipinski definition) is 3. The number of nitrogens with zero attached hydrogens (tertiary/aromatic N) is 2. The summed E-state index contributed by atoms with van der Waals surface area (Å²) in [6.45, 7) is 4.21. The molecule has 0 aliphatic carbocycles. The fraction of sp³-hybridized carbons (Fsp3) is 0.700. The minimum Gasteiger partial charge on any atom is -0.394 e. The van der Waals surface area contributed by atoms with E-state index in [2.05, 4.69) is 33.3 Å². The molecule has 15 heavy (non-hydrogen) atoms. The van der Waals surface area contributed by atoms with E-state index < -0.39 is 0 Å². The summed E-state index contributed by atoms with van der Waals surface area (Å²) in [6.07, 6.45) is 4.54. The van der Waals surface area contributed by atoms with Crippen LogP contribution in [-0.4, -0.2) is 34.1 Å². The normalized spacial score (nSPS) is 17.4. The van der Waals surface area contributed by atoms with Crippen LogP contribution in [0.4, 0.5) is 0 Å². The van der Waals surface area contributed by atoms with Crippen LogP contribution in [0, 0.1) is 0 Å². The summed E-state index contributed by atoms with van der Waals surface area (Å²) in [7, 11) is 1.86. The van der Waals surface area contributed by atoms with Crippen molar-refractivity contribution in [3.63, 3.8) is 0 Å². The maximum Gasteiger partial charge on any atom is 0.0632 e. The van der Waals surface area contributed by atoms with Crippen LogP contribution in [0.1, 0.15) is 26.3 Å². The van der Waals surface area contributed by atoms with Crippen LogP contribution in [0.15, 0.2) is 16.9 Å². The Balaban J connectivity index is 2.66. The van der Waals surface area contributed by atoms with Gasteiger partial charge in [0.05, 0.1) is 23.3 Å². The van der Waals surface area contributed by atoms with Crippen molar-refractivity contribution in [2.24, 2.45) is 0 Å². The topological polar surface area (TPSA) is 50.1 Å². The number of aromatic nitrogens is 2. The molecule has 0 saturated carbocycles. The lowest BCUT2D eigenvalue weighted by atomic mass is 9.95. The molecule has 0 aromatic carbocycles. The minimum atomic E-state index is -0.252. The van der Waals surface area contributed by atoms with E-state index in [0.717, 1.165) is 10.9 Å². The van der Waals surface area contributed by atoms with Gasteiger partial charge in [0.1, 0.15) is 0 Å². The van der Waals surface area contributed by atoms with Gasteiger partial charge in [-0.3, -0.25) is 4.68 Å². The van der Waals surface area contributed by atoms with Crippen LogP contribution in [-0.2, 0) is 0 Å². The van der Waals surface area contributed by atoms with Crippen molar-refractivity contribution in [1.82, 2.24) is 15.1 Å². The van der Waals surface area contributed by atoms with E-state index in [0.29, 0.717) is 0 Å². The first kappa shape index (κ1) is 12.7. The van der Waals surface area contributed by atoms with Gasteiger partial charge in [-0.1, -0.05) is 0 Å². The molecule has 0 radical (unpaired) electrons. The SMILES string of the molecule is CNC(C)(CO)CC(C)n1cc(Br)cn1. The Morgan fingerprint density at radius 2 is 2.40 bits per heavy atom. The molecular weight excluding hydrogens is 258 g/mol. The van der Waals surface area contributed by atoms with Gasteiger partial charge >= 0.3 is 0 Å². The number of aliphatic hydroxyl groups excluding tert-OH is 1. The van der Waals surface area contributed by atoms with E-state index in [1.54, 1.807) is 6.20 Å². The maximum absolute atomic E-state index is 9.28. The molecule has 2 N–H and O–H groups in total. The first-order chi connectivity index (χ1) is 7.00. The monoisotopic (exact) mass is 275 g/mol. The summed E-state index contributed by atoms with van der Waals surface area (Å²) in [5.74, 6) is 0. The van der Waals surface area contributed by atoms with Gasteiger partial charge in [0, 0.05) is 11.7 Å². The summed E-state index contributed by atoms with van der Waals surface area (Å²) < 4.78 is 2.87. The third-order valence-corrected chi connectivity index (χ3v) is 3.13. The number of halogens is 1. The molecule has 1 rings (SSSR count). The van der Waals surface area contributed by atoms with Crippen LogP contribution in [0.25, 0.3) is 0 Å². The van der Waals surface area contributed by atoms with Crippen LogP contribution in [0.5, 0.6) is 0 Å². The van der Waals surface area contributed by atoms with Crippen LogP contribution in [0.3, 0.4) is 0 Å². The standard InChI is InChI=1S/C10H18BrN3O/c1-8(4-10(2,7-15)12-3)14-6-9(11)5-13-14/h5-6,8,12,15H,4,7H2,1-3H3. The average molecular weight is 276 g/mol. The molecule has 1 aromatic rings. The Kier molecular flexibility index (Phi) is 4.31. The molecule has 0 fully saturated rings. The largest absolute Gasteiger partial charge is 0.394 e. The second-order valence-corrected chi connectivity index (χ2v) is 5.08. The third kappa shape index (κ3) is 3.29. The van der Waals surface area contributed by atoms with E-state index in [1.807, 2.05) is 24.9 Å². The molecule has 1 aromatic heterocycles. The fourth-order valence-corrected chi connectivity index (χ4v) is 1.85. The van der Waals surface area contributed by atoms with Crippen molar-refractivity contribution in [3.8, 4) is 0 Å². The fourth-order valence-electron chi connectivity index (χ4n) is 1.55. The van der Waals surface area contributed by atoms with Crippen molar-refractivity contribution >= 4 is 15.9 Å². The number of aliphatic hydroxyl groups is 1. The lowest BCUT2D eigenvalue weighted by Gasteiger charge is -2.29. The van der Waals surface area contributed by atoms with E-state index in [1.165, 1.54) is 0 Å². The number of nitrogens with one attached hydrogen (secondary N) is 1. The van der Waals surface area contributed by atoms with Crippen LogP contribution < -0.4 is 5.32 Å². The molecule has 0 saturated heterocycles. The Hall–Kier alpha value is -0.390. The Labute approximate surface area is 98.8 Å². The zero-order valence-corrected chi connectivity index (χ0v) is 11.0. The maximum atomic E-state index is 9.28. The number of hydrogen-bond donors (Lipinski definition) is 2. The van der Waals surface area contributed by atoms with E-state index in [-0.39, 0.29) is 18.2 Å². The summed E-state index contributed by atoms with van der Waals surface area (Å²) in [6, 6.07) is 0.251. The number of likely N-dealkylation sites (N-methyl/N-ethyl adjacent to an activating group) is 1. The summed E-state index contributed by atoms with van der Waals surface area (Å²) in [5, 5.41) is 16.6. The van der Waals surface area contributed by atoms with E-state index >= 15 is 0 Å². The van der Waals surface area contributed by atoms with E-state index in [4.69, 9.17) is 0 Å². The van der Waals surface area contributed by atoms with Gasteiger partial charge in [-0.15, -0.1) is 0 Å². The van der Waals surface area contributed by atoms with Crippen molar-refractivity contribution in [3.05, 3.63) is 16.9 Å². The molecule has 0 amide bonds. The first-order valence-electron chi connectivity index (χ1n) is 5.00. The Morgan fingerprint density at radius 1 is 1.73 bits per heavy atom. The molecule has 0 aliphatic heterocycles. The lowest BCUT2D eigenvalue weighted by molar-refractivity contribution is 0.156. The van der Waals surface area contributed by atoms with Crippen molar-refractivity contribution in [2.45, 2.75) is 31.8 Å². The van der Waals surface area contributed by atoms with E-state index in [9.17, 15) is 5.11 Å². The smallest absolute Gasteiger partial charge is 0.0632 e. The Morgan fingerprint density at radius 3 is 2.80 bits per heavy atom. The number of rotatable bonds is 5. The molecule has 4 nitrogen and oxygen atoms in total. The third-order valence-electron chi connectivity index (χ3n) is 2.72. The van der Waals surface area contributed by atoms with Crippen molar-refractivity contribution in [2.75, 3.05) is 13.7 Å². The molecule has 0 bridgehead atoms. The van der Waals surface area contributed by atoms with Crippen molar-refractivity contribution in [1.29, 1.82) is 0 Å². The predicted octanol–water partition coefficient (Wildman–Crippen LogP) is 1.57. The Bertz CT molecular complexity index is 309. The summed E-state index contributed by atoms with van der Waals surface area (Å²) in [5.41, 5.74) is -0.252. The molecular formula is C10H18BrN3O. The zero-order chi connectivity index (χ0) is 11.5. The summed E-state index contributed by atoms with van der Waals surface area (Å²) in [4.78, 5) is 0. The van der Waals surface area contributed by atoms with Gasteiger partial charge in [-0.05, 0) is 43.2 Å². The molecule has 2 atom stereocenters. The predicted molar refractivity (Wildman–Crippen MR) is 63.8 cm³/mol. The minimum absolute atomic E-state index is 0.121. The van der Waals surface area contributed by atoms with Gasteiger partial charge < -0.3 is 10.4 Å². The highest BCUT2D eigenvalue weighted by molar-refractivity contribution is 9.10. The molecule has 0 aliphatic rings. The van der Waals surface area contributed by atoms with Crippen LogP contribution >= 0.6 is 15.9 Å². The van der Waals surface area contributed by atoms with Gasteiger partial charge in [0.15, 0.2) is 0 Å². The second kappa shape index (κ2) is 5.09. The molecule has 5 heteroatoms. The molecule has 2 unspecified atom stereocenters. The summed E-state index contributed by atoms with van der Waals surface area (Å²) >= 11 is 3.37. The second-order valence-electron chi connectivity index (χ2n) is 4.16. The average Bonchev–Trinajstić information content (AvgIpc) is 2.65. The zero-order valence-electron chi connectivity index (χ0n) is 9.37. The quantitative estimate of drug-likeness (QED) is 0.858. The van der Waals surface area contributed by atoms with Crippen LogP contribution in [0.2, 0.25) is 0 Å². The molecule has 0 spiro atoms. The highest BCUT2D eigenvalue weighted by atomic mass is 79.9. The van der Waals surface area contributed by atoms with Gasteiger partial charge in [0.2, 0.25) is 0 Å².